The summed E-state index contributed by atoms with van der Waals surface area (Å²) in [5, 5.41) is 0. The van der Waals surface area contributed by atoms with Crippen LogP contribution in [0.25, 0.3) is 0 Å². The molecule has 0 aromatic carbocycles. The number of nitrogens with two attached hydrogens (primary N) is 2. The molecule has 1 aliphatic carbocycles. The second kappa shape index (κ2) is 2.82. The molecule has 1 rings (SSSR count). The molecule has 0 amide bonds. The van der Waals surface area contributed by atoms with Gasteiger partial charge in [-0.3, -0.25) is 0 Å². The molecule has 4 heteroatoms. The molecule has 0 aromatic rings. The summed E-state index contributed by atoms with van der Waals surface area (Å²) in [6.45, 7) is 0. The van der Waals surface area contributed by atoms with E-state index in [1.54, 1.807) is 0 Å². The van der Waals surface area contributed by atoms with Crippen LogP contribution in [0.5, 0.6) is 0 Å². The van der Waals surface area contributed by atoms with Crippen molar-refractivity contribution in [2.24, 2.45) is 17.4 Å². The van der Waals surface area contributed by atoms with E-state index in [9.17, 15) is 4.79 Å². The summed E-state index contributed by atoms with van der Waals surface area (Å²) in [4.78, 5) is 11.0. The molecule has 0 unspecified atom stereocenters. The number of hydrogen-bond donors (Lipinski definition) is 2. The average Bonchev–Trinajstić information content (AvgIpc) is 2.71. The number of rotatable bonds is 2. The number of esters is 1. The fraction of sp³-hybridized carbons (Fsp3) is 0.571. The fourth-order valence-electron chi connectivity index (χ4n) is 1.00. The van der Waals surface area contributed by atoms with Crippen molar-refractivity contribution >= 4 is 5.97 Å². The van der Waals surface area contributed by atoms with Crippen LogP contribution in [-0.2, 0) is 9.53 Å². The van der Waals surface area contributed by atoms with Crippen LogP contribution in [0.1, 0.15) is 12.8 Å². The van der Waals surface area contributed by atoms with Crippen LogP contribution in [-0.4, -0.2) is 13.1 Å². The Kier molecular flexibility index (Phi) is 2.03. The van der Waals surface area contributed by atoms with Crippen LogP contribution in [0.4, 0.5) is 0 Å². The van der Waals surface area contributed by atoms with Gasteiger partial charge < -0.3 is 16.2 Å². The molecule has 4 nitrogen and oxygen atoms in total. The molecule has 0 bridgehead atoms. The Morgan fingerprint density at radius 1 is 1.45 bits per heavy atom. The molecular weight excluding hydrogens is 144 g/mol. The molecule has 1 saturated carbocycles. The summed E-state index contributed by atoms with van der Waals surface area (Å²) < 4.78 is 4.52. The molecule has 11 heavy (non-hydrogen) atoms. The van der Waals surface area contributed by atoms with Crippen molar-refractivity contribution in [3.8, 4) is 0 Å². The maximum atomic E-state index is 11.0. The van der Waals surface area contributed by atoms with Crippen LogP contribution in [0, 0.1) is 5.92 Å². The Morgan fingerprint density at radius 2 is 2.00 bits per heavy atom. The molecule has 0 aromatic heterocycles. The predicted molar refractivity (Wildman–Crippen MR) is 40.1 cm³/mol. The maximum absolute atomic E-state index is 11.0. The lowest BCUT2D eigenvalue weighted by molar-refractivity contribution is -0.136. The Balaban J connectivity index is 2.75. The van der Waals surface area contributed by atoms with Gasteiger partial charge >= 0.3 is 5.97 Å². The molecule has 0 aliphatic heterocycles. The van der Waals surface area contributed by atoms with Crippen LogP contribution in [0.15, 0.2) is 11.4 Å². The Hall–Kier alpha value is -1.19. The third-order valence-electron chi connectivity index (χ3n) is 1.70. The molecule has 0 saturated heterocycles. The summed E-state index contributed by atoms with van der Waals surface area (Å²) in [5.74, 6) is -0.0562. The van der Waals surface area contributed by atoms with E-state index in [2.05, 4.69) is 4.74 Å². The summed E-state index contributed by atoms with van der Waals surface area (Å²) in [7, 11) is 1.33. The van der Waals surface area contributed by atoms with Gasteiger partial charge in [-0.15, -0.1) is 0 Å². The highest BCUT2D eigenvalue weighted by atomic mass is 16.5. The van der Waals surface area contributed by atoms with Crippen LogP contribution in [0.3, 0.4) is 0 Å². The second-order valence-electron chi connectivity index (χ2n) is 2.63. The largest absolute Gasteiger partial charge is 0.466 e. The Labute approximate surface area is 65.2 Å². The second-order valence-corrected chi connectivity index (χ2v) is 2.63. The zero-order valence-corrected chi connectivity index (χ0v) is 6.46. The molecule has 1 aliphatic rings. The molecular formula is C7H12N2O2. The van der Waals surface area contributed by atoms with E-state index in [1.807, 2.05) is 0 Å². The van der Waals surface area contributed by atoms with Crippen molar-refractivity contribution in [2.45, 2.75) is 12.8 Å². The number of carbonyl (C=O) groups is 1. The third kappa shape index (κ3) is 1.63. The third-order valence-corrected chi connectivity index (χ3v) is 1.70. The van der Waals surface area contributed by atoms with Gasteiger partial charge in [-0.2, -0.15) is 0 Å². The smallest absolute Gasteiger partial charge is 0.337 e. The minimum absolute atomic E-state index is 0.0966. The number of methoxy groups -OCH3 is 1. The minimum atomic E-state index is -0.396. The van der Waals surface area contributed by atoms with E-state index in [0.29, 0.717) is 5.57 Å². The number of hydrogen-bond acceptors (Lipinski definition) is 4. The zero-order valence-electron chi connectivity index (χ0n) is 6.46. The lowest BCUT2D eigenvalue weighted by Gasteiger charge is -2.04. The van der Waals surface area contributed by atoms with E-state index in [1.165, 1.54) is 7.11 Å². The Bertz CT molecular complexity index is 202. The highest BCUT2D eigenvalue weighted by molar-refractivity contribution is 5.90. The predicted octanol–water partition coefficient (Wildman–Crippen LogP) is -0.302. The van der Waals surface area contributed by atoms with Gasteiger partial charge in [0, 0.05) is 0 Å². The first-order valence-corrected chi connectivity index (χ1v) is 3.50. The van der Waals surface area contributed by atoms with Gasteiger partial charge in [0.1, 0.15) is 5.82 Å². The van der Waals surface area contributed by atoms with Gasteiger partial charge in [0.15, 0.2) is 0 Å². The molecule has 62 valence electrons. The Morgan fingerprint density at radius 3 is 2.27 bits per heavy atom. The SMILES string of the molecule is COC(=O)C(=C(N)N)C1CC1. The topological polar surface area (TPSA) is 78.3 Å². The molecule has 0 atom stereocenters. The molecule has 0 spiro atoms. The quantitative estimate of drug-likeness (QED) is 0.425. The monoisotopic (exact) mass is 156 g/mol. The van der Waals surface area contributed by atoms with Crippen LogP contribution >= 0.6 is 0 Å². The first-order chi connectivity index (χ1) is 5.16. The summed E-state index contributed by atoms with van der Waals surface area (Å²) in [6.07, 6.45) is 1.98. The fourth-order valence-corrected chi connectivity index (χ4v) is 1.00. The maximum Gasteiger partial charge on any atom is 0.337 e. The van der Waals surface area contributed by atoms with Gasteiger partial charge in [0.05, 0.1) is 12.7 Å². The van der Waals surface area contributed by atoms with E-state index in [-0.39, 0.29) is 11.7 Å². The lowest BCUT2D eigenvalue weighted by atomic mass is 10.2. The first kappa shape index (κ1) is 7.91. The van der Waals surface area contributed by atoms with E-state index < -0.39 is 5.97 Å². The van der Waals surface area contributed by atoms with Crippen molar-refractivity contribution in [3.63, 3.8) is 0 Å². The lowest BCUT2D eigenvalue weighted by Crippen LogP contribution is -2.19. The molecule has 0 heterocycles. The molecule has 0 radical (unpaired) electrons. The number of ether oxygens (including phenoxy) is 1. The normalized spacial score (nSPS) is 15.7. The minimum Gasteiger partial charge on any atom is -0.466 e. The van der Waals surface area contributed by atoms with Crippen molar-refractivity contribution in [1.29, 1.82) is 0 Å². The van der Waals surface area contributed by atoms with Crippen LogP contribution < -0.4 is 11.5 Å². The average molecular weight is 156 g/mol. The molecule has 1 fully saturated rings. The first-order valence-electron chi connectivity index (χ1n) is 3.50. The van der Waals surface area contributed by atoms with Crippen molar-refractivity contribution in [3.05, 3.63) is 11.4 Å². The number of carbonyl (C=O) groups excluding carboxylic acids is 1. The van der Waals surface area contributed by atoms with Gasteiger partial charge in [0.2, 0.25) is 0 Å². The van der Waals surface area contributed by atoms with Crippen molar-refractivity contribution in [2.75, 3.05) is 7.11 Å². The van der Waals surface area contributed by atoms with Crippen LogP contribution in [0.2, 0.25) is 0 Å². The highest BCUT2D eigenvalue weighted by Gasteiger charge is 2.32. The summed E-state index contributed by atoms with van der Waals surface area (Å²) in [6, 6.07) is 0. The zero-order chi connectivity index (χ0) is 8.43. The van der Waals surface area contributed by atoms with Gasteiger partial charge in [0.25, 0.3) is 0 Å². The molecule has 4 N–H and O–H groups in total. The van der Waals surface area contributed by atoms with E-state index in [4.69, 9.17) is 11.5 Å². The van der Waals surface area contributed by atoms with Gasteiger partial charge in [-0.25, -0.2) is 4.79 Å². The van der Waals surface area contributed by atoms with Gasteiger partial charge in [-0.1, -0.05) is 0 Å². The highest BCUT2D eigenvalue weighted by Crippen LogP contribution is 2.37. The van der Waals surface area contributed by atoms with Crippen molar-refractivity contribution < 1.29 is 9.53 Å². The van der Waals surface area contributed by atoms with Gasteiger partial charge in [-0.05, 0) is 18.8 Å². The summed E-state index contributed by atoms with van der Waals surface area (Å²) >= 11 is 0. The standard InChI is InChI=1S/C7H12N2O2/c1-11-7(10)5(6(8)9)4-2-3-4/h4H,2-3,8-9H2,1H3. The van der Waals surface area contributed by atoms with E-state index in [0.717, 1.165) is 12.8 Å². The van der Waals surface area contributed by atoms with E-state index >= 15 is 0 Å². The summed E-state index contributed by atoms with van der Waals surface area (Å²) in [5.41, 5.74) is 11.1. The van der Waals surface area contributed by atoms with Crippen molar-refractivity contribution in [1.82, 2.24) is 0 Å².